The lowest BCUT2D eigenvalue weighted by Gasteiger charge is -2.15. The van der Waals surface area contributed by atoms with E-state index in [1.54, 1.807) is 0 Å². The number of nitrogens with one attached hydrogen (secondary N) is 1. The fraction of sp³-hybridized carbons (Fsp3) is 0.556. The number of hydrogen-bond donors (Lipinski definition) is 1. The molecule has 0 unspecified atom stereocenters. The predicted molar refractivity (Wildman–Crippen MR) is 51.8 cm³/mol. The van der Waals surface area contributed by atoms with Crippen LogP contribution in [-0.4, -0.2) is 25.4 Å². The van der Waals surface area contributed by atoms with Crippen molar-refractivity contribution in [2.24, 2.45) is 0 Å². The maximum atomic E-state index is 12.4. The van der Waals surface area contributed by atoms with Crippen molar-refractivity contribution < 1.29 is 17.6 Å². The van der Waals surface area contributed by atoms with E-state index in [2.05, 4.69) is 5.32 Å². The highest BCUT2D eigenvalue weighted by atomic mass is 32.1. The highest BCUT2D eigenvalue weighted by Gasteiger charge is 2.39. The molecule has 1 nitrogen and oxygen atoms in total. The quantitative estimate of drug-likeness (QED) is 0.596. The first-order valence-electron chi connectivity index (χ1n) is 4.40. The van der Waals surface area contributed by atoms with Gasteiger partial charge in [-0.3, -0.25) is 0 Å². The average molecular weight is 241 g/mol. The van der Waals surface area contributed by atoms with Gasteiger partial charge < -0.3 is 5.32 Å². The lowest BCUT2D eigenvalue weighted by Crippen LogP contribution is -2.39. The Hall–Kier alpha value is -0.620. The first kappa shape index (κ1) is 12.4. The zero-order valence-electron chi connectivity index (χ0n) is 7.85. The van der Waals surface area contributed by atoms with Crippen molar-refractivity contribution in [2.75, 3.05) is 13.1 Å². The molecular formula is C9H11F4NS. The van der Waals surface area contributed by atoms with E-state index >= 15 is 0 Å². The second-order valence-corrected chi connectivity index (χ2v) is 3.90. The van der Waals surface area contributed by atoms with E-state index in [0.29, 0.717) is 6.42 Å². The molecule has 0 aromatic carbocycles. The van der Waals surface area contributed by atoms with Crippen LogP contribution in [0.15, 0.2) is 16.8 Å². The van der Waals surface area contributed by atoms with Gasteiger partial charge in [-0.15, -0.1) is 0 Å². The Morgan fingerprint density at radius 1 is 1.40 bits per heavy atom. The molecule has 86 valence electrons. The monoisotopic (exact) mass is 241 g/mol. The van der Waals surface area contributed by atoms with Crippen LogP contribution in [0.5, 0.6) is 0 Å². The summed E-state index contributed by atoms with van der Waals surface area (Å²) in [5, 5.41) is 6.09. The van der Waals surface area contributed by atoms with Gasteiger partial charge >= 0.3 is 12.3 Å². The molecule has 0 spiro atoms. The van der Waals surface area contributed by atoms with E-state index in [1.807, 2.05) is 16.8 Å². The molecule has 0 saturated heterocycles. The minimum absolute atomic E-state index is 0.277. The average Bonchev–Trinajstić information content (AvgIpc) is 2.64. The lowest BCUT2D eigenvalue weighted by atomic mass is 10.2. The Bertz CT molecular complexity index is 274. The molecule has 1 heterocycles. The smallest absolute Gasteiger partial charge is 0.311 e. The van der Waals surface area contributed by atoms with Gasteiger partial charge in [0.25, 0.3) is 0 Å². The van der Waals surface area contributed by atoms with Crippen LogP contribution in [0.2, 0.25) is 0 Å². The Morgan fingerprint density at radius 3 is 2.67 bits per heavy atom. The lowest BCUT2D eigenvalue weighted by molar-refractivity contribution is -0.125. The second kappa shape index (κ2) is 5.46. The van der Waals surface area contributed by atoms with Gasteiger partial charge in [-0.1, -0.05) is 0 Å². The molecule has 1 N–H and O–H groups in total. The van der Waals surface area contributed by atoms with Crippen molar-refractivity contribution in [3.8, 4) is 0 Å². The summed E-state index contributed by atoms with van der Waals surface area (Å²) in [6.45, 7) is -0.701. The van der Waals surface area contributed by atoms with Gasteiger partial charge in [0.15, 0.2) is 0 Å². The minimum atomic E-state index is -3.94. The molecule has 0 bridgehead atoms. The third kappa shape index (κ3) is 4.17. The molecule has 0 saturated carbocycles. The molecule has 0 aliphatic carbocycles. The van der Waals surface area contributed by atoms with Gasteiger partial charge in [0.1, 0.15) is 0 Å². The van der Waals surface area contributed by atoms with Crippen molar-refractivity contribution in [2.45, 2.75) is 18.8 Å². The van der Waals surface area contributed by atoms with Crippen molar-refractivity contribution in [3.05, 3.63) is 22.4 Å². The molecule has 0 aliphatic rings. The van der Waals surface area contributed by atoms with Crippen LogP contribution in [0.3, 0.4) is 0 Å². The summed E-state index contributed by atoms with van der Waals surface area (Å²) in [4.78, 5) is 0. The summed E-state index contributed by atoms with van der Waals surface area (Å²) in [7, 11) is 0. The Kier molecular flexibility index (Phi) is 4.53. The minimum Gasteiger partial charge on any atom is -0.311 e. The zero-order valence-corrected chi connectivity index (χ0v) is 8.67. The van der Waals surface area contributed by atoms with Crippen molar-refractivity contribution >= 4 is 11.3 Å². The van der Waals surface area contributed by atoms with E-state index in [9.17, 15) is 17.6 Å². The SMILES string of the molecule is FC(F)C(F)(F)CNCCc1ccsc1. The van der Waals surface area contributed by atoms with Crippen LogP contribution in [0, 0.1) is 0 Å². The van der Waals surface area contributed by atoms with E-state index in [0.717, 1.165) is 5.56 Å². The third-order valence-corrected chi connectivity index (χ3v) is 2.58. The Morgan fingerprint density at radius 2 is 2.13 bits per heavy atom. The van der Waals surface area contributed by atoms with E-state index < -0.39 is 18.9 Å². The molecule has 1 rings (SSSR count). The van der Waals surface area contributed by atoms with Crippen molar-refractivity contribution in [3.63, 3.8) is 0 Å². The van der Waals surface area contributed by atoms with Gasteiger partial charge in [0, 0.05) is 0 Å². The number of halogens is 4. The zero-order chi connectivity index (χ0) is 11.3. The molecule has 0 radical (unpaired) electrons. The van der Waals surface area contributed by atoms with Gasteiger partial charge in [0.2, 0.25) is 0 Å². The topological polar surface area (TPSA) is 12.0 Å². The van der Waals surface area contributed by atoms with Gasteiger partial charge in [-0.2, -0.15) is 20.1 Å². The summed E-state index contributed by atoms with van der Waals surface area (Å²) in [5.74, 6) is -3.94. The number of thiophene rings is 1. The maximum absolute atomic E-state index is 12.4. The third-order valence-electron chi connectivity index (χ3n) is 1.85. The van der Waals surface area contributed by atoms with Gasteiger partial charge in [-0.25, -0.2) is 8.78 Å². The van der Waals surface area contributed by atoms with E-state index in [-0.39, 0.29) is 6.54 Å². The molecule has 0 aliphatic heterocycles. The van der Waals surface area contributed by atoms with E-state index in [4.69, 9.17) is 0 Å². The fourth-order valence-electron chi connectivity index (χ4n) is 1.000. The summed E-state index contributed by atoms with van der Waals surface area (Å²) in [6.07, 6.45) is -3.03. The largest absolute Gasteiger partial charge is 0.319 e. The number of hydrogen-bond acceptors (Lipinski definition) is 2. The standard InChI is InChI=1S/C9H11F4NS/c10-8(11)9(12,13)6-14-3-1-7-2-4-15-5-7/h2,4-5,8,14H,1,3,6H2. The highest BCUT2D eigenvalue weighted by molar-refractivity contribution is 7.07. The van der Waals surface area contributed by atoms with Crippen LogP contribution >= 0.6 is 11.3 Å². The van der Waals surface area contributed by atoms with Crippen molar-refractivity contribution in [1.29, 1.82) is 0 Å². The summed E-state index contributed by atoms with van der Waals surface area (Å²) >= 11 is 1.51. The number of alkyl halides is 4. The van der Waals surface area contributed by atoms with Crippen LogP contribution in [0.25, 0.3) is 0 Å². The summed E-state index contributed by atoms with van der Waals surface area (Å²) in [6, 6.07) is 1.87. The molecule has 6 heteroatoms. The molecule has 0 fully saturated rings. The summed E-state index contributed by atoms with van der Waals surface area (Å²) < 4.78 is 48.3. The van der Waals surface area contributed by atoms with Crippen LogP contribution in [-0.2, 0) is 6.42 Å². The Labute approximate surface area is 89.1 Å². The van der Waals surface area contributed by atoms with E-state index in [1.165, 1.54) is 11.3 Å². The van der Waals surface area contributed by atoms with Gasteiger partial charge in [0.05, 0.1) is 6.54 Å². The normalized spacial score (nSPS) is 12.3. The molecule has 1 aromatic heterocycles. The second-order valence-electron chi connectivity index (χ2n) is 3.12. The van der Waals surface area contributed by atoms with Gasteiger partial charge in [-0.05, 0) is 35.4 Å². The number of rotatable bonds is 6. The molecular weight excluding hydrogens is 230 g/mol. The van der Waals surface area contributed by atoms with Crippen molar-refractivity contribution in [1.82, 2.24) is 5.32 Å². The molecule has 0 atom stereocenters. The van der Waals surface area contributed by atoms with Crippen LogP contribution < -0.4 is 5.32 Å². The predicted octanol–water partition coefficient (Wildman–Crippen LogP) is 2.78. The molecule has 15 heavy (non-hydrogen) atoms. The molecule has 0 amide bonds. The maximum Gasteiger partial charge on any atom is 0.319 e. The van der Waals surface area contributed by atoms with Crippen LogP contribution in [0.4, 0.5) is 17.6 Å². The Balaban J connectivity index is 2.17. The highest BCUT2D eigenvalue weighted by Crippen LogP contribution is 2.21. The van der Waals surface area contributed by atoms with Crippen LogP contribution in [0.1, 0.15) is 5.56 Å². The fourth-order valence-corrected chi connectivity index (χ4v) is 1.70. The first-order valence-corrected chi connectivity index (χ1v) is 5.34. The summed E-state index contributed by atoms with van der Waals surface area (Å²) in [5.41, 5.74) is 1.02. The molecule has 1 aromatic rings. The first-order chi connectivity index (χ1) is 7.02.